The molecule has 0 spiro atoms. The molecule has 0 aliphatic carbocycles. The van der Waals surface area contributed by atoms with Gasteiger partial charge < -0.3 is 0 Å². The van der Waals surface area contributed by atoms with Crippen molar-refractivity contribution in [2.24, 2.45) is 5.92 Å². The quantitative estimate of drug-likeness (QED) is 0.787. The van der Waals surface area contributed by atoms with E-state index in [1.807, 2.05) is 18.2 Å². The zero-order valence-electron chi connectivity index (χ0n) is 11.0. The van der Waals surface area contributed by atoms with E-state index in [-0.39, 0.29) is 0 Å². The van der Waals surface area contributed by atoms with Crippen molar-refractivity contribution < 1.29 is 0 Å². The molecule has 1 atom stereocenters. The van der Waals surface area contributed by atoms with Crippen LogP contribution < -0.4 is 0 Å². The number of alkyl halides is 1. The van der Waals surface area contributed by atoms with Gasteiger partial charge in [-0.3, -0.25) is 4.57 Å². The van der Waals surface area contributed by atoms with E-state index in [0.717, 1.165) is 17.3 Å². The molecule has 0 radical (unpaired) electrons. The third-order valence-electron chi connectivity index (χ3n) is 3.30. The number of para-hydroxylation sites is 1. The minimum absolute atomic E-state index is 0.342. The van der Waals surface area contributed by atoms with Gasteiger partial charge in [0.2, 0.25) is 0 Å². The van der Waals surface area contributed by atoms with Gasteiger partial charge in [0.1, 0.15) is 5.82 Å². The zero-order valence-corrected chi connectivity index (χ0v) is 11.7. The molecule has 0 amide bonds. The molecule has 0 bridgehead atoms. The molecule has 1 heterocycles. The first-order valence-electron chi connectivity index (χ1n) is 6.20. The number of benzene rings is 1. The lowest BCUT2D eigenvalue weighted by atomic mass is 9.97. The van der Waals surface area contributed by atoms with Gasteiger partial charge in [0.15, 0.2) is 5.82 Å². The minimum Gasteiger partial charge on any atom is -0.282 e. The molecular weight excluding hydrogens is 246 g/mol. The maximum absolute atomic E-state index is 5.96. The summed E-state index contributed by atoms with van der Waals surface area (Å²) in [4.78, 5) is 0. The van der Waals surface area contributed by atoms with Crippen molar-refractivity contribution in [3.8, 4) is 5.69 Å². The van der Waals surface area contributed by atoms with Crippen LogP contribution in [0.2, 0.25) is 0 Å². The van der Waals surface area contributed by atoms with Crippen LogP contribution in [0.25, 0.3) is 5.69 Å². The monoisotopic (exact) mass is 263 g/mol. The first-order valence-corrected chi connectivity index (χ1v) is 6.74. The highest BCUT2D eigenvalue weighted by atomic mass is 35.5. The second-order valence-corrected chi connectivity index (χ2v) is 5.08. The highest BCUT2D eigenvalue weighted by Crippen LogP contribution is 2.25. The van der Waals surface area contributed by atoms with E-state index in [2.05, 4.69) is 47.7 Å². The van der Waals surface area contributed by atoms with Crippen LogP contribution in [-0.2, 0) is 5.88 Å². The number of hydrogen-bond donors (Lipinski definition) is 0. The number of hydrogen-bond acceptors (Lipinski definition) is 2. The van der Waals surface area contributed by atoms with E-state index in [0.29, 0.717) is 17.7 Å². The van der Waals surface area contributed by atoms with Crippen molar-refractivity contribution in [3.05, 3.63) is 42.0 Å². The largest absolute Gasteiger partial charge is 0.282 e. The molecule has 3 nitrogen and oxygen atoms in total. The van der Waals surface area contributed by atoms with Crippen LogP contribution in [0.4, 0.5) is 0 Å². The van der Waals surface area contributed by atoms with Crippen molar-refractivity contribution in [2.75, 3.05) is 0 Å². The Kier molecular flexibility index (Phi) is 4.02. The number of rotatable bonds is 4. The fraction of sp³-hybridized carbons (Fsp3) is 0.429. The van der Waals surface area contributed by atoms with Gasteiger partial charge >= 0.3 is 0 Å². The molecule has 96 valence electrons. The molecule has 18 heavy (non-hydrogen) atoms. The molecule has 0 saturated carbocycles. The summed E-state index contributed by atoms with van der Waals surface area (Å²) in [5, 5.41) is 8.51. The van der Waals surface area contributed by atoms with Crippen LogP contribution in [0.15, 0.2) is 30.3 Å². The van der Waals surface area contributed by atoms with Crippen LogP contribution in [0.5, 0.6) is 0 Å². The van der Waals surface area contributed by atoms with Crippen LogP contribution in [0.1, 0.15) is 38.3 Å². The predicted octanol–water partition coefficient (Wildman–Crippen LogP) is 3.77. The summed E-state index contributed by atoms with van der Waals surface area (Å²) in [6.07, 6.45) is 0. The van der Waals surface area contributed by atoms with Crippen LogP contribution in [-0.4, -0.2) is 14.8 Å². The molecule has 0 aliphatic heterocycles. The average molecular weight is 264 g/mol. The van der Waals surface area contributed by atoms with E-state index in [4.69, 9.17) is 11.6 Å². The summed E-state index contributed by atoms with van der Waals surface area (Å²) in [7, 11) is 0. The second kappa shape index (κ2) is 5.53. The van der Waals surface area contributed by atoms with Gasteiger partial charge in [0, 0.05) is 11.6 Å². The Bertz CT molecular complexity index is 505. The minimum atomic E-state index is 0.342. The fourth-order valence-corrected chi connectivity index (χ4v) is 2.04. The molecule has 0 aliphatic rings. The Morgan fingerprint density at radius 2 is 1.78 bits per heavy atom. The summed E-state index contributed by atoms with van der Waals surface area (Å²) in [6, 6.07) is 10.1. The lowest BCUT2D eigenvalue weighted by Crippen LogP contribution is -2.11. The Morgan fingerprint density at radius 3 is 2.33 bits per heavy atom. The van der Waals surface area contributed by atoms with E-state index in [1.165, 1.54) is 0 Å². The molecule has 2 aromatic rings. The summed E-state index contributed by atoms with van der Waals surface area (Å²) < 4.78 is 2.07. The first kappa shape index (κ1) is 13.1. The number of aromatic nitrogens is 3. The van der Waals surface area contributed by atoms with Gasteiger partial charge in [-0.15, -0.1) is 21.8 Å². The van der Waals surface area contributed by atoms with Crippen molar-refractivity contribution in [1.29, 1.82) is 0 Å². The molecule has 1 unspecified atom stereocenters. The highest BCUT2D eigenvalue weighted by molar-refractivity contribution is 6.16. The Labute approximate surface area is 113 Å². The molecule has 0 saturated heterocycles. The van der Waals surface area contributed by atoms with E-state index < -0.39 is 0 Å². The summed E-state index contributed by atoms with van der Waals surface area (Å²) >= 11 is 5.96. The topological polar surface area (TPSA) is 30.7 Å². The maximum atomic E-state index is 5.96. The molecule has 1 aromatic carbocycles. The SMILES string of the molecule is CC(C)C(C)c1nnc(CCl)n1-c1ccccc1. The summed E-state index contributed by atoms with van der Waals surface area (Å²) in [5.41, 5.74) is 1.07. The lowest BCUT2D eigenvalue weighted by molar-refractivity contribution is 0.502. The molecule has 0 N–H and O–H groups in total. The van der Waals surface area contributed by atoms with Crippen molar-refractivity contribution >= 4 is 11.6 Å². The van der Waals surface area contributed by atoms with E-state index in [1.54, 1.807) is 0 Å². The van der Waals surface area contributed by atoms with Crippen LogP contribution >= 0.6 is 11.6 Å². The third-order valence-corrected chi connectivity index (χ3v) is 3.54. The van der Waals surface area contributed by atoms with Gasteiger partial charge in [-0.25, -0.2) is 0 Å². The van der Waals surface area contributed by atoms with Gasteiger partial charge in [-0.1, -0.05) is 39.0 Å². The Morgan fingerprint density at radius 1 is 1.11 bits per heavy atom. The average Bonchev–Trinajstić information content (AvgIpc) is 2.82. The Balaban J connectivity index is 2.53. The first-order chi connectivity index (χ1) is 8.65. The van der Waals surface area contributed by atoms with Gasteiger partial charge in [-0.05, 0) is 18.1 Å². The van der Waals surface area contributed by atoms with Crippen molar-refractivity contribution in [2.45, 2.75) is 32.6 Å². The van der Waals surface area contributed by atoms with Crippen molar-refractivity contribution in [3.63, 3.8) is 0 Å². The smallest absolute Gasteiger partial charge is 0.152 e. The zero-order chi connectivity index (χ0) is 13.1. The summed E-state index contributed by atoms with van der Waals surface area (Å²) in [5.74, 6) is 3.00. The van der Waals surface area contributed by atoms with E-state index >= 15 is 0 Å². The van der Waals surface area contributed by atoms with Gasteiger partial charge in [0.25, 0.3) is 0 Å². The summed E-state index contributed by atoms with van der Waals surface area (Å²) in [6.45, 7) is 6.55. The standard InChI is InChI=1S/C14H18ClN3/c1-10(2)11(3)14-17-16-13(9-15)18(14)12-7-5-4-6-8-12/h4-8,10-11H,9H2,1-3H3. The van der Waals surface area contributed by atoms with Gasteiger partial charge in [0.05, 0.1) is 5.88 Å². The molecule has 0 fully saturated rings. The lowest BCUT2D eigenvalue weighted by Gasteiger charge is -2.17. The fourth-order valence-electron chi connectivity index (χ4n) is 1.87. The molecule has 1 aromatic heterocycles. The number of nitrogens with zero attached hydrogens (tertiary/aromatic N) is 3. The molecular formula is C14H18ClN3. The van der Waals surface area contributed by atoms with Crippen LogP contribution in [0.3, 0.4) is 0 Å². The molecule has 2 rings (SSSR count). The third kappa shape index (κ3) is 2.41. The van der Waals surface area contributed by atoms with E-state index in [9.17, 15) is 0 Å². The number of halogens is 1. The van der Waals surface area contributed by atoms with Crippen LogP contribution in [0, 0.1) is 5.92 Å². The Hall–Kier alpha value is -1.35. The maximum Gasteiger partial charge on any atom is 0.152 e. The second-order valence-electron chi connectivity index (χ2n) is 4.81. The molecule has 4 heteroatoms. The van der Waals surface area contributed by atoms with Crippen molar-refractivity contribution in [1.82, 2.24) is 14.8 Å². The van der Waals surface area contributed by atoms with Gasteiger partial charge in [-0.2, -0.15) is 0 Å². The predicted molar refractivity (Wildman–Crippen MR) is 74.2 cm³/mol. The normalized spacial score (nSPS) is 12.9. The highest BCUT2D eigenvalue weighted by Gasteiger charge is 2.20.